The van der Waals surface area contributed by atoms with Crippen molar-refractivity contribution >= 4 is 29.9 Å². The summed E-state index contributed by atoms with van der Waals surface area (Å²) in [5.41, 5.74) is 2.64. The molecular weight excluding hydrogens is 429 g/mol. The van der Waals surface area contributed by atoms with E-state index >= 15 is 0 Å². The Kier molecular flexibility index (Phi) is 7.22. The number of hydrogen-bond acceptors (Lipinski definition) is 3. The molecule has 5 nitrogen and oxygen atoms in total. The highest BCUT2D eigenvalue weighted by molar-refractivity contribution is 14.0. The van der Waals surface area contributed by atoms with Crippen LogP contribution in [0.3, 0.4) is 0 Å². The number of nitrogens with zero attached hydrogens (tertiary/aromatic N) is 2. The summed E-state index contributed by atoms with van der Waals surface area (Å²) in [5.74, 6) is 3.46. The molecule has 0 saturated heterocycles. The average Bonchev–Trinajstić information content (AvgIpc) is 3.35. The molecule has 2 aliphatic rings. The maximum absolute atomic E-state index is 5.45. The number of methoxy groups -OCH3 is 2. The fourth-order valence-electron chi connectivity index (χ4n) is 3.64. The number of aliphatic imine (C=N–C) groups is 1. The summed E-state index contributed by atoms with van der Waals surface area (Å²) in [6, 6.07) is 4.82. The summed E-state index contributed by atoms with van der Waals surface area (Å²) < 4.78 is 10.9. The molecule has 1 N–H and O–H groups in total. The van der Waals surface area contributed by atoms with Crippen LogP contribution in [0.1, 0.15) is 37.3 Å². The summed E-state index contributed by atoms with van der Waals surface area (Å²) in [6.07, 6.45) is 4.86. The number of ether oxygens (including phenoxy) is 2. The van der Waals surface area contributed by atoms with Gasteiger partial charge < -0.3 is 19.7 Å². The highest BCUT2D eigenvalue weighted by Crippen LogP contribution is 2.36. The Morgan fingerprint density at radius 2 is 1.92 bits per heavy atom. The zero-order valence-electron chi connectivity index (χ0n) is 15.7. The molecule has 25 heavy (non-hydrogen) atoms. The molecule has 1 aliphatic heterocycles. The molecule has 1 aromatic rings. The van der Waals surface area contributed by atoms with Crippen LogP contribution in [0.2, 0.25) is 0 Å². The molecule has 0 spiro atoms. The molecule has 0 aromatic heterocycles. The van der Waals surface area contributed by atoms with Crippen LogP contribution < -0.4 is 14.8 Å². The lowest BCUT2D eigenvalue weighted by atomic mass is 9.99. The minimum Gasteiger partial charge on any atom is -0.493 e. The van der Waals surface area contributed by atoms with E-state index in [1.165, 1.54) is 30.4 Å². The van der Waals surface area contributed by atoms with E-state index in [2.05, 4.69) is 34.3 Å². The third-order valence-electron chi connectivity index (χ3n) is 5.13. The molecule has 2 unspecified atom stereocenters. The monoisotopic (exact) mass is 459 g/mol. The minimum absolute atomic E-state index is 0. The van der Waals surface area contributed by atoms with E-state index in [1.807, 2.05) is 7.05 Å². The second-order valence-electron chi connectivity index (χ2n) is 6.73. The predicted octanol–water partition coefficient (Wildman–Crippen LogP) is 3.44. The van der Waals surface area contributed by atoms with E-state index in [-0.39, 0.29) is 24.0 Å². The SMILES string of the molecule is CCCC1CC1NC(=NC)N1CCc2cc(OC)c(OC)cc2C1.I. The largest absolute Gasteiger partial charge is 0.493 e. The summed E-state index contributed by atoms with van der Waals surface area (Å²) in [4.78, 5) is 6.85. The van der Waals surface area contributed by atoms with E-state index in [1.54, 1.807) is 14.2 Å². The van der Waals surface area contributed by atoms with Crippen LogP contribution in [0, 0.1) is 5.92 Å². The van der Waals surface area contributed by atoms with Gasteiger partial charge in [-0.25, -0.2) is 0 Å². The van der Waals surface area contributed by atoms with Gasteiger partial charge in [-0.2, -0.15) is 0 Å². The maximum Gasteiger partial charge on any atom is 0.194 e. The van der Waals surface area contributed by atoms with Gasteiger partial charge in [0.25, 0.3) is 0 Å². The van der Waals surface area contributed by atoms with Crippen LogP contribution >= 0.6 is 24.0 Å². The first-order chi connectivity index (χ1) is 11.7. The van der Waals surface area contributed by atoms with Gasteiger partial charge in [0.2, 0.25) is 0 Å². The highest BCUT2D eigenvalue weighted by atomic mass is 127. The van der Waals surface area contributed by atoms with Gasteiger partial charge >= 0.3 is 0 Å². The molecule has 3 rings (SSSR count). The van der Waals surface area contributed by atoms with Gasteiger partial charge in [0.15, 0.2) is 17.5 Å². The number of guanidine groups is 1. The Hall–Kier alpha value is -1.18. The van der Waals surface area contributed by atoms with E-state index in [0.29, 0.717) is 6.04 Å². The Balaban J connectivity index is 0.00000225. The quantitative estimate of drug-likeness (QED) is 0.417. The van der Waals surface area contributed by atoms with E-state index < -0.39 is 0 Å². The van der Waals surface area contributed by atoms with Crippen molar-refractivity contribution in [1.82, 2.24) is 10.2 Å². The number of nitrogens with one attached hydrogen (secondary N) is 1. The van der Waals surface area contributed by atoms with Gasteiger partial charge in [0, 0.05) is 26.2 Å². The van der Waals surface area contributed by atoms with E-state index in [9.17, 15) is 0 Å². The van der Waals surface area contributed by atoms with Crippen molar-refractivity contribution in [1.29, 1.82) is 0 Å². The average molecular weight is 459 g/mol. The highest BCUT2D eigenvalue weighted by Gasteiger charge is 2.37. The molecule has 1 fully saturated rings. The lowest BCUT2D eigenvalue weighted by Gasteiger charge is -2.32. The second-order valence-corrected chi connectivity index (χ2v) is 6.73. The van der Waals surface area contributed by atoms with Crippen LogP contribution in [-0.4, -0.2) is 44.7 Å². The molecule has 1 heterocycles. The minimum atomic E-state index is 0. The zero-order chi connectivity index (χ0) is 17.1. The molecule has 6 heteroatoms. The van der Waals surface area contributed by atoms with E-state index in [4.69, 9.17) is 9.47 Å². The lowest BCUT2D eigenvalue weighted by Crippen LogP contribution is -2.45. The Labute approximate surface area is 168 Å². The van der Waals surface area contributed by atoms with Crippen LogP contribution in [0.5, 0.6) is 11.5 Å². The van der Waals surface area contributed by atoms with Crippen molar-refractivity contribution in [2.24, 2.45) is 10.9 Å². The van der Waals surface area contributed by atoms with Crippen molar-refractivity contribution in [2.45, 2.75) is 45.2 Å². The number of hydrogen-bond donors (Lipinski definition) is 1. The molecular formula is C19H30IN3O2. The third-order valence-corrected chi connectivity index (χ3v) is 5.13. The molecule has 2 atom stereocenters. The van der Waals surface area contributed by atoms with Gasteiger partial charge in [0.05, 0.1) is 14.2 Å². The van der Waals surface area contributed by atoms with Gasteiger partial charge in [-0.3, -0.25) is 4.99 Å². The van der Waals surface area contributed by atoms with Crippen molar-refractivity contribution < 1.29 is 9.47 Å². The van der Waals surface area contributed by atoms with Gasteiger partial charge in [-0.1, -0.05) is 13.3 Å². The molecule has 140 valence electrons. The van der Waals surface area contributed by atoms with Crippen molar-refractivity contribution in [3.63, 3.8) is 0 Å². The number of rotatable bonds is 5. The lowest BCUT2D eigenvalue weighted by molar-refractivity contribution is 0.345. The van der Waals surface area contributed by atoms with Gasteiger partial charge in [-0.05, 0) is 48.4 Å². The topological polar surface area (TPSA) is 46.1 Å². The normalized spacial score (nSPS) is 21.9. The molecule has 1 aliphatic carbocycles. The number of halogens is 1. The van der Waals surface area contributed by atoms with Crippen molar-refractivity contribution in [2.75, 3.05) is 27.8 Å². The molecule has 1 saturated carbocycles. The first kappa shape index (κ1) is 20.1. The summed E-state index contributed by atoms with van der Waals surface area (Å²) >= 11 is 0. The third kappa shape index (κ3) is 4.51. The van der Waals surface area contributed by atoms with Crippen LogP contribution in [0.25, 0.3) is 0 Å². The second kappa shape index (κ2) is 8.96. The Morgan fingerprint density at radius 1 is 1.24 bits per heavy atom. The fraction of sp³-hybridized carbons (Fsp3) is 0.632. The summed E-state index contributed by atoms with van der Waals surface area (Å²) in [5, 5.41) is 3.65. The smallest absolute Gasteiger partial charge is 0.194 e. The number of fused-ring (bicyclic) bond motifs is 1. The van der Waals surface area contributed by atoms with Crippen LogP contribution in [-0.2, 0) is 13.0 Å². The number of benzene rings is 1. The van der Waals surface area contributed by atoms with Crippen molar-refractivity contribution in [3.05, 3.63) is 23.3 Å². The Bertz CT molecular complexity index is 621. The van der Waals surface area contributed by atoms with Gasteiger partial charge in [-0.15, -0.1) is 24.0 Å². The predicted molar refractivity (Wildman–Crippen MR) is 112 cm³/mol. The zero-order valence-corrected chi connectivity index (χ0v) is 18.0. The van der Waals surface area contributed by atoms with Crippen LogP contribution in [0.15, 0.2) is 17.1 Å². The summed E-state index contributed by atoms with van der Waals surface area (Å²) in [7, 11) is 5.25. The first-order valence-corrected chi connectivity index (χ1v) is 8.92. The Morgan fingerprint density at radius 3 is 2.52 bits per heavy atom. The summed E-state index contributed by atoms with van der Waals surface area (Å²) in [6.45, 7) is 4.10. The maximum atomic E-state index is 5.45. The fourth-order valence-corrected chi connectivity index (χ4v) is 3.64. The standard InChI is InChI=1S/C19H29N3O2.HI/c1-5-6-14-9-16(14)21-19(20-2)22-8-7-13-10-17(23-3)18(24-4)11-15(13)12-22;/h10-11,14,16H,5-9,12H2,1-4H3,(H,20,21);1H. The van der Waals surface area contributed by atoms with E-state index in [0.717, 1.165) is 42.9 Å². The van der Waals surface area contributed by atoms with Crippen LogP contribution in [0.4, 0.5) is 0 Å². The molecule has 1 aromatic carbocycles. The molecule has 0 amide bonds. The van der Waals surface area contributed by atoms with Crippen molar-refractivity contribution in [3.8, 4) is 11.5 Å². The molecule has 0 bridgehead atoms. The first-order valence-electron chi connectivity index (χ1n) is 8.92. The molecule has 0 radical (unpaired) electrons. The van der Waals surface area contributed by atoms with Gasteiger partial charge in [0.1, 0.15) is 0 Å².